The number of hydrogen-bond acceptors (Lipinski definition) is 5. The Labute approximate surface area is 107 Å². The van der Waals surface area contributed by atoms with Crippen LogP contribution in [0.3, 0.4) is 0 Å². The highest BCUT2D eigenvalue weighted by Gasteiger charge is 2.24. The smallest absolute Gasteiger partial charge is 0.209 e. The van der Waals surface area contributed by atoms with Crippen LogP contribution in [0, 0.1) is 0 Å². The van der Waals surface area contributed by atoms with Gasteiger partial charge in [-0.3, -0.25) is 0 Å². The van der Waals surface area contributed by atoms with Gasteiger partial charge in [0, 0.05) is 11.5 Å². The predicted molar refractivity (Wildman–Crippen MR) is 68.0 cm³/mol. The second-order valence-corrected chi connectivity index (χ2v) is 5.62. The van der Waals surface area contributed by atoms with E-state index in [0.717, 1.165) is 16.1 Å². The molecule has 1 atom stereocenters. The maximum Gasteiger partial charge on any atom is 0.209 e. The lowest BCUT2D eigenvalue weighted by molar-refractivity contribution is 0.111. The maximum atomic E-state index is 9.61. The molecule has 2 heterocycles. The summed E-state index contributed by atoms with van der Waals surface area (Å²) in [6.07, 6.45) is -0.520. The summed E-state index contributed by atoms with van der Waals surface area (Å²) in [6, 6.07) is 10.2. The van der Waals surface area contributed by atoms with E-state index in [0.29, 0.717) is 5.75 Å². The van der Waals surface area contributed by atoms with Crippen molar-refractivity contribution in [2.75, 3.05) is 5.75 Å². The molecule has 1 aliphatic rings. The van der Waals surface area contributed by atoms with Gasteiger partial charge < -0.3 is 5.11 Å². The molecule has 1 aliphatic heterocycles. The van der Waals surface area contributed by atoms with Crippen molar-refractivity contribution >= 4 is 23.5 Å². The number of aliphatic hydroxyl groups excluding tert-OH is 1. The molecule has 0 radical (unpaired) electrons. The molecule has 0 saturated heterocycles. The number of aliphatic hydroxyl groups is 1. The van der Waals surface area contributed by atoms with E-state index in [1.165, 1.54) is 5.56 Å². The lowest BCUT2D eigenvalue weighted by atomic mass is 10.2. The molecule has 0 amide bonds. The molecule has 0 fully saturated rings. The number of hydrogen-bond donors (Lipinski definition) is 1. The zero-order valence-corrected chi connectivity index (χ0v) is 10.6. The minimum absolute atomic E-state index is 0.520. The summed E-state index contributed by atoms with van der Waals surface area (Å²) in [7, 11) is 0. The van der Waals surface area contributed by atoms with Gasteiger partial charge in [-0.1, -0.05) is 53.9 Å². The topological polar surface area (TPSA) is 50.9 Å². The van der Waals surface area contributed by atoms with Crippen LogP contribution in [0.15, 0.2) is 40.6 Å². The molecule has 1 aromatic carbocycles. The second kappa shape index (κ2) is 4.72. The van der Waals surface area contributed by atoms with E-state index in [4.69, 9.17) is 0 Å². The van der Waals surface area contributed by atoms with Crippen molar-refractivity contribution < 1.29 is 5.11 Å². The first-order valence-corrected chi connectivity index (χ1v) is 7.24. The summed E-state index contributed by atoms with van der Waals surface area (Å²) in [5.74, 6) is 1.50. The van der Waals surface area contributed by atoms with Crippen molar-refractivity contribution in [1.82, 2.24) is 14.8 Å². The van der Waals surface area contributed by atoms with Gasteiger partial charge in [0.1, 0.15) is 0 Å². The fraction of sp³-hybridized carbons (Fsp3) is 0.273. The molecule has 3 rings (SSSR count). The molecule has 1 unspecified atom stereocenters. The van der Waals surface area contributed by atoms with E-state index in [1.807, 2.05) is 18.2 Å². The van der Waals surface area contributed by atoms with E-state index in [1.54, 1.807) is 28.2 Å². The summed E-state index contributed by atoms with van der Waals surface area (Å²) < 4.78 is 1.60. The second-order valence-electron chi connectivity index (χ2n) is 3.69. The Morgan fingerprint density at radius 1 is 1.41 bits per heavy atom. The first kappa shape index (κ1) is 11.1. The third-order valence-corrected chi connectivity index (χ3v) is 4.35. The van der Waals surface area contributed by atoms with E-state index >= 15 is 0 Å². The van der Waals surface area contributed by atoms with Crippen LogP contribution in [-0.2, 0) is 5.75 Å². The Balaban J connectivity index is 1.69. The Hall–Kier alpha value is -0.980. The van der Waals surface area contributed by atoms with Crippen molar-refractivity contribution in [2.45, 2.75) is 22.3 Å². The standard InChI is InChI=1S/C11H11N3OS2/c15-9-7-17-11-12-10(13-14(9)11)16-6-8-4-2-1-3-5-8/h1-5,9,15H,6-7H2. The van der Waals surface area contributed by atoms with Crippen molar-refractivity contribution in [2.24, 2.45) is 0 Å². The third-order valence-electron chi connectivity index (χ3n) is 2.44. The van der Waals surface area contributed by atoms with Crippen LogP contribution in [-0.4, -0.2) is 25.6 Å². The van der Waals surface area contributed by atoms with Crippen LogP contribution in [0.5, 0.6) is 0 Å². The summed E-state index contributed by atoms with van der Waals surface area (Å²) in [4.78, 5) is 4.37. The van der Waals surface area contributed by atoms with E-state index in [9.17, 15) is 5.11 Å². The van der Waals surface area contributed by atoms with Crippen molar-refractivity contribution in [3.05, 3.63) is 35.9 Å². The zero-order chi connectivity index (χ0) is 11.7. The fourth-order valence-electron chi connectivity index (χ4n) is 1.59. The highest BCUT2D eigenvalue weighted by molar-refractivity contribution is 7.99. The lowest BCUT2D eigenvalue weighted by Gasteiger charge is -2.00. The van der Waals surface area contributed by atoms with Crippen LogP contribution >= 0.6 is 23.5 Å². The van der Waals surface area contributed by atoms with Gasteiger partial charge in [0.25, 0.3) is 0 Å². The molecular formula is C11H11N3OS2. The normalized spacial score (nSPS) is 18.3. The van der Waals surface area contributed by atoms with Gasteiger partial charge in [-0.25, -0.2) is 4.68 Å². The van der Waals surface area contributed by atoms with E-state index in [2.05, 4.69) is 22.2 Å². The number of thioether (sulfide) groups is 2. The molecule has 1 aromatic heterocycles. The highest BCUT2D eigenvalue weighted by Crippen LogP contribution is 2.32. The van der Waals surface area contributed by atoms with Gasteiger partial charge in [-0.05, 0) is 5.56 Å². The fourth-order valence-corrected chi connectivity index (χ4v) is 3.31. The molecule has 0 bridgehead atoms. The number of nitrogens with zero attached hydrogens (tertiary/aromatic N) is 3. The van der Waals surface area contributed by atoms with E-state index in [-0.39, 0.29) is 0 Å². The zero-order valence-electron chi connectivity index (χ0n) is 8.98. The van der Waals surface area contributed by atoms with Crippen LogP contribution in [0.1, 0.15) is 11.8 Å². The average Bonchev–Trinajstić information content (AvgIpc) is 2.91. The average molecular weight is 265 g/mol. The number of aromatic nitrogens is 3. The molecular weight excluding hydrogens is 254 g/mol. The highest BCUT2D eigenvalue weighted by atomic mass is 32.2. The quantitative estimate of drug-likeness (QED) is 0.862. The molecule has 0 aliphatic carbocycles. The largest absolute Gasteiger partial charge is 0.371 e. The molecule has 6 heteroatoms. The monoisotopic (exact) mass is 265 g/mol. The predicted octanol–water partition coefficient (Wildman–Crippen LogP) is 2.17. The Morgan fingerprint density at radius 3 is 3.00 bits per heavy atom. The molecule has 1 N–H and O–H groups in total. The van der Waals surface area contributed by atoms with Crippen molar-refractivity contribution in [3.63, 3.8) is 0 Å². The van der Waals surface area contributed by atoms with Crippen LogP contribution in [0.4, 0.5) is 0 Å². The van der Waals surface area contributed by atoms with Gasteiger partial charge in [0.2, 0.25) is 5.16 Å². The Kier molecular flexibility index (Phi) is 3.09. The van der Waals surface area contributed by atoms with Crippen LogP contribution < -0.4 is 0 Å². The SMILES string of the molecule is OC1CSc2nc(SCc3ccccc3)nn21. The molecule has 17 heavy (non-hydrogen) atoms. The summed E-state index contributed by atoms with van der Waals surface area (Å²) >= 11 is 3.14. The minimum Gasteiger partial charge on any atom is -0.371 e. The first-order valence-electron chi connectivity index (χ1n) is 5.27. The molecule has 0 spiro atoms. The first-order chi connectivity index (χ1) is 8.33. The molecule has 88 valence electrons. The van der Waals surface area contributed by atoms with Gasteiger partial charge in [0.15, 0.2) is 11.4 Å². The number of rotatable bonds is 3. The maximum absolute atomic E-state index is 9.61. The van der Waals surface area contributed by atoms with Crippen molar-refractivity contribution in [1.29, 1.82) is 0 Å². The van der Waals surface area contributed by atoms with Gasteiger partial charge in [-0.15, -0.1) is 5.10 Å². The van der Waals surface area contributed by atoms with Gasteiger partial charge in [0.05, 0.1) is 0 Å². The van der Waals surface area contributed by atoms with Crippen LogP contribution in [0.2, 0.25) is 0 Å². The summed E-state index contributed by atoms with van der Waals surface area (Å²) in [6.45, 7) is 0. The van der Waals surface area contributed by atoms with Crippen molar-refractivity contribution in [3.8, 4) is 0 Å². The lowest BCUT2D eigenvalue weighted by Crippen LogP contribution is -2.06. The molecule has 2 aromatic rings. The van der Waals surface area contributed by atoms with Gasteiger partial charge >= 0.3 is 0 Å². The summed E-state index contributed by atoms with van der Waals surface area (Å²) in [5.41, 5.74) is 1.25. The van der Waals surface area contributed by atoms with Crippen LogP contribution in [0.25, 0.3) is 0 Å². The third kappa shape index (κ3) is 2.34. The number of fused-ring (bicyclic) bond motifs is 1. The Bertz CT molecular complexity index is 515. The van der Waals surface area contributed by atoms with E-state index < -0.39 is 6.23 Å². The molecule has 4 nitrogen and oxygen atoms in total. The Morgan fingerprint density at radius 2 is 2.24 bits per heavy atom. The minimum atomic E-state index is -0.520. The number of benzene rings is 1. The van der Waals surface area contributed by atoms with Gasteiger partial charge in [-0.2, -0.15) is 4.98 Å². The molecule has 0 saturated carbocycles. The summed E-state index contributed by atoms with van der Waals surface area (Å²) in [5, 5.41) is 15.4.